The first-order chi connectivity index (χ1) is 10.8. The molecule has 1 aromatic carbocycles. The van der Waals surface area contributed by atoms with Crippen LogP contribution in [0.15, 0.2) is 18.2 Å². The summed E-state index contributed by atoms with van der Waals surface area (Å²) in [5.74, 6) is -1.40. The third kappa shape index (κ3) is 7.45. The van der Waals surface area contributed by atoms with E-state index < -0.39 is 12.0 Å². The molecule has 1 amide bonds. The molecule has 0 aliphatic rings. The molecule has 0 aliphatic carbocycles. The van der Waals surface area contributed by atoms with Crippen LogP contribution in [0.25, 0.3) is 0 Å². The molecule has 7 heteroatoms. The number of carbonyl (C=O) groups excluding carboxylic acids is 1. The van der Waals surface area contributed by atoms with Crippen LogP contribution in [0.4, 0.5) is 5.69 Å². The molecule has 1 atom stereocenters. The smallest absolute Gasteiger partial charge is 0.321 e. The lowest BCUT2D eigenvalue weighted by Gasteiger charge is -2.15. The molecule has 0 radical (unpaired) electrons. The number of rotatable bonds is 9. The van der Waals surface area contributed by atoms with Gasteiger partial charge in [0.15, 0.2) is 0 Å². The van der Waals surface area contributed by atoms with E-state index in [9.17, 15) is 14.7 Å². The van der Waals surface area contributed by atoms with Gasteiger partial charge in [0.2, 0.25) is 5.91 Å². The number of carboxylic acids is 1. The second kappa shape index (κ2) is 9.50. The summed E-state index contributed by atoms with van der Waals surface area (Å²) in [4.78, 5) is 25.3. The Hall–Kier alpha value is -1.63. The molecule has 0 fully saturated rings. The highest BCUT2D eigenvalue weighted by atomic mass is 35.5. The van der Waals surface area contributed by atoms with Gasteiger partial charge in [0.25, 0.3) is 0 Å². The number of aryl methyl sites for hydroxylation is 1. The number of carboxylic acid groups (broad SMARTS) is 1. The molecule has 6 nitrogen and oxygen atoms in total. The summed E-state index contributed by atoms with van der Waals surface area (Å²) in [6.07, 6.45) is 0.675. The number of anilines is 1. The summed E-state index contributed by atoms with van der Waals surface area (Å²) in [7, 11) is 3.91. The molecule has 1 unspecified atom stereocenters. The second-order valence-electron chi connectivity index (χ2n) is 5.72. The minimum absolute atomic E-state index is 0.136. The fourth-order valence-electron chi connectivity index (χ4n) is 1.99. The number of hydrogen-bond donors (Lipinski definition) is 3. The van der Waals surface area contributed by atoms with Crippen LogP contribution < -0.4 is 10.6 Å². The zero-order valence-electron chi connectivity index (χ0n) is 13.7. The number of halogens is 1. The molecule has 0 aromatic heterocycles. The summed E-state index contributed by atoms with van der Waals surface area (Å²) in [6.45, 7) is 3.26. The average Bonchev–Trinajstić information content (AvgIpc) is 2.45. The van der Waals surface area contributed by atoms with E-state index in [0.29, 0.717) is 17.3 Å². The SMILES string of the molecule is Cc1ccc(NC(=O)CC(NCCCN(C)C)C(=O)O)cc1Cl. The first-order valence-corrected chi connectivity index (χ1v) is 7.84. The Morgan fingerprint density at radius 2 is 2.04 bits per heavy atom. The molecular weight excluding hydrogens is 318 g/mol. The number of carbonyl (C=O) groups is 2. The van der Waals surface area contributed by atoms with Crippen LogP contribution in [0.3, 0.4) is 0 Å². The van der Waals surface area contributed by atoms with Gasteiger partial charge in [-0.15, -0.1) is 0 Å². The van der Waals surface area contributed by atoms with Crippen LogP contribution in [0.2, 0.25) is 5.02 Å². The topological polar surface area (TPSA) is 81.7 Å². The Labute approximate surface area is 141 Å². The zero-order valence-corrected chi connectivity index (χ0v) is 14.5. The van der Waals surface area contributed by atoms with Crippen LogP contribution >= 0.6 is 11.6 Å². The summed E-state index contributed by atoms with van der Waals surface area (Å²) < 4.78 is 0. The Morgan fingerprint density at radius 1 is 1.35 bits per heavy atom. The van der Waals surface area contributed by atoms with Crippen molar-refractivity contribution in [3.63, 3.8) is 0 Å². The zero-order chi connectivity index (χ0) is 17.4. The van der Waals surface area contributed by atoms with E-state index >= 15 is 0 Å². The average molecular weight is 342 g/mol. The molecule has 0 bridgehead atoms. The van der Waals surface area contributed by atoms with Crippen molar-refractivity contribution in [3.05, 3.63) is 28.8 Å². The van der Waals surface area contributed by atoms with E-state index in [4.69, 9.17) is 11.6 Å². The third-order valence-electron chi connectivity index (χ3n) is 3.32. The minimum Gasteiger partial charge on any atom is -0.480 e. The van der Waals surface area contributed by atoms with Gasteiger partial charge < -0.3 is 20.6 Å². The van der Waals surface area contributed by atoms with Crippen molar-refractivity contribution in [1.82, 2.24) is 10.2 Å². The Morgan fingerprint density at radius 3 is 2.61 bits per heavy atom. The van der Waals surface area contributed by atoms with Gasteiger partial charge in [-0.25, -0.2) is 0 Å². The maximum atomic E-state index is 12.0. The Bertz CT molecular complexity index is 549. The number of amides is 1. The van der Waals surface area contributed by atoms with Gasteiger partial charge in [-0.3, -0.25) is 9.59 Å². The van der Waals surface area contributed by atoms with Gasteiger partial charge in [-0.2, -0.15) is 0 Å². The summed E-state index contributed by atoms with van der Waals surface area (Å²) in [5.41, 5.74) is 1.47. The molecule has 0 aliphatic heterocycles. The lowest BCUT2D eigenvalue weighted by atomic mass is 10.1. The van der Waals surface area contributed by atoms with E-state index in [1.54, 1.807) is 18.2 Å². The Kier molecular flexibility index (Phi) is 8.02. The van der Waals surface area contributed by atoms with Gasteiger partial charge in [0.05, 0.1) is 6.42 Å². The van der Waals surface area contributed by atoms with Crippen LogP contribution in [0.5, 0.6) is 0 Å². The fraction of sp³-hybridized carbons (Fsp3) is 0.500. The van der Waals surface area contributed by atoms with E-state index in [1.807, 2.05) is 25.9 Å². The van der Waals surface area contributed by atoms with Crippen molar-refractivity contribution in [3.8, 4) is 0 Å². The molecule has 128 valence electrons. The molecule has 23 heavy (non-hydrogen) atoms. The molecule has 0 spiro atoms. The highest BCUT2D eigenvalue weighted by Crippen LogP contribution is 2.20. The lowest BCUT2D eigenvalue weighted by molar-refractivity contribution is -0.141. The lowest BCUT2D eigenvalue weighted by Crippen LogP contribution is -2.40. The standard InChI is InChI=1S/C16H24ClN3O3/c1-11-5-6-12(9-13(11)17)19-15(21)10-14(16(22)23)18-7-4-8-20(2)3/h5-6,9,14,18H,4,7-8,10H2,1-3H3,(H,19,21)(H,22,23). The quantitative estimate of drug-likeness (QED) is 0.598. The van der Waals surface area contributed by atoms with Gasteiger partial charge in [-0.05, 0) is 58.2 Å². The molecule has 1 rings (SSSR count). The van der Waals surface area contributed by atoms with Gasteiger partial charge in [0.1, 0.15) is 6.04 Å². The first-order valence-electron chi connectivity index (χ1n) is 7.46. The maximum absolute atomic E-state index is 12.0. The molecular formula is C16H24ClN3O3. The maximum Gasteiger partial charge on any atom is 0.321 e. The van der Waals surface area contributed by atoms with E-state index in [1.165, 1.54) is 0 Å². The van der Waals surface area contributed by atoms with Crippen molar-refractivity contribution in [2.45, 2.75) is 25.8 Å². The number of aliphatic carboxylic acids is 1. The van der Waals surface area contributed by atoms with Crippen molar-refractivity contribution in [2.75, 3.05) is 32.5 Å². The summed E-state index contributed by atoms with van der Waals surface area (Å²) in [5, 5.41) is 15.3. The first kappa shape index (κ1) is 19.4. The van der Waals surface area contributed by atoms with Gasteiger partial charge >= 0.3 is 5.97 Å². The van der Waals surface area contributed by atoms with Gasteiger partial charge in [0, 0.05) is 10.7 Å². The van der Waals surface area contributed by atoms with Crippen molar-refractivity contribution >= 4 is 29.2 Å². The van der Waals surface area contributed by atoms with E-state index in [2.05, 4.69) is 10.6 Å². The largest absolute Gasteiger partial charge is 0.480 e. The molecule has 1 aromatic rings. The van der Waals surface area contributed by atoms with Gasteiger partial charge in [-0.1, -0.05) is 17.7 Å². The predicted octanol–water partition coefficient (Wildman–Crippen LogP) is 1.97. The minimum atomic E-state index is -1.04. The monoisotopic (exact) mass is 341 g/mol. The van der Waals surface area contributed by atoms with Crippen molar-refractivity contribution in [1.29, 1.82) is 0 Å². The Balaban J connectivity index is 2.50. The second-order valence-corrected chi connectivity index (χ2v) is 6.13. The number of hydrogen-bond acceptors (Lipinski definition) is 4. The van der Waals surface area contributed by atoms with Crippen LogP contribution in [-0.2, 0) is 9.59 Å². The summed E-state index contributed by atoms with van der Waals surface area (Å²) >= 11 is 6.00. The van der Waals surface area contributed by atoms with Crippen molar-refractivity contribution < 1.29 is 14.7 Å². The highest BCUT2D eigenvalue weighted by molar-refractivity contribution is 6.31. The van der Waals surface area contributed by atoms with Crippen molar-refractivity contribution in [2.24, 2.45) is 0 Å². The molecule has 3 N–H and O–H groups in total. The van der Waals surface area contributed by atoms with Crippen LogP contribution in [-0.4, -0.2) is 55.1 Å². The third-order valence-corrected chi connectivity index (χ3v) is 3.72. The fourth-order valence-corrected chi connectivity index (χ4v) is 2.17. The molecule has 0 heterocycles. The highest BCUT2D eigenvalue weighted by Gasteiger charge is 2.20. The number of nitrogens with zero attached hydrogens (tertiary/aromatic N) is 1. The van der Waals surface area contributed by atoms with Crippen LogP contribution in [0, 0.1) is 6.92 Å². The number of nitrogens with one attached hydrogen (secondary N) is 2. The van der Waals surface area contributed by atoms with E-state index in [0.717, 1.165) is 18.5 Å². The van der Waals surface area contributed by atoms with E-state index in [-0.39, 0.29) is 12.3 Å². The normalized spacial score (nSPS) is 12.2. The predicted molar refractivity (Wildman–Crippen MR) is 92.0 cm³/mol. The molecule has 0 saturated heterocycles. The summed E-state index contributed by atoms with van der Waals surface area (Å²) in [6, 6.07) is 4.28. The van der Waals surface area contributed by atoms with Crippen LogP contribution in [0.1, 0.15) is 18.4 Å². The molecule has 0 saturated carbocycles. The number of benzene rings is 1.